The molecule has 0 amide bonds. The van der Waals surface area contributed by atoms with E-state index in [2.05, 4.69) is 49.3 Å². The van der Waals surface area contributed by atoms with Gasteiger partial charge < -0.3 is 14.6 Å². The highest BCUT2D eigenvalue weighted by Gasteiger charge is 2.36. The molecule has 10 heteroatoms. The molecule has 3 aromatic heterocycles. The number of hydrogen-bond donors (Lipinski definition) is 2. The Kier molecular flexibility index (Phi) is 7.58. The number of imidazole rings is 1. The summed E-state index contributed by atoms with van der Waals surface area (Å²) in [5.41, 5.74) is 3.71. The molecule has 0 radical (unpaired) electrons. The second-order valence-corrected chi connectivity index (χ2v) is 11.1. The third-order valence-corrected chi connectivity index (χ3v) is 8.83. The molecule has 6 aromatic rings. The van der Waals surface area contributed by atoms with Gasteiger partial charge in [0.2, 0.25) is 0 Å². The zero-order valence-electron chi connectivity index (χ0n) is 21.5. The first kappa shape index (κ1) is 26.8. The second kappa shape index (κ2) is 11.6. The summed E-state index contributed by atoms with van der Waals surface area (Å²) in [4.78, 5) is 31.8. The quantitative estimate of drug-likeness (QED) is 0.216. The highest BCUT2D eigenvalue weighted by Crippen LogP contribution is 2.44. The summed E-state index contributed by atoms with van der Waals surface area (Å²) in [5.74, 6) is -0.279. The molecule has 0 bridgehead atoms. The monoisotopic (exact) mass is 626 g/mol. The number of aromatic amines is 1. The van der Waals surface area contributed by atoms with Gasteiger partial charge in [-0.3, -0.25) is 9.36 Å². The minimum atomic E-state index is -1.04. The Morgan fingerprint density at radius 1 is 1.10 bits per heavy atom. The molecule has 3 aromatic carbocycles. The van der Waals surface area contributed by atoms with Crippen molar-refractivity contribution in [2.45, 2.75) is 17.5 Å². The minimum Gasteiger partial charge on any atom is -0.480 e. The Balaban J connectivity index is 0.000000548. The van der Waals surface area contributed by atoms with Crippen LogP contribution in [0.15, 0.2) is 116 Å². The summed E-state index contributed by atoms with van der Waals surface area (Å²) in [5, 5.41) is 16.9. The Morgan fingerprint density at radius 3 is 2.61 bits per heavy atom. The van der Waals surface area contributed by atoms with E-state index in [0.717, 1.165) is 27.5 Å². The number of rotatable bonds is 5. The van der Waals surface area contributed by atoms with E-state index in [-0.39, 0.29) is 11.3 Å². The third kappa shape index (κ3) is 5.23. The van der Waals surface area contributed by atoms with Crippen molar-refractivity contribution in [2.24, 2.45) is 0 Å². The summed E-state index contributed by atoms with van der Waals surface area (Å²) >= 11 is 4.89. The zero-order chi connectivity index (χ0) is 28.3. The minimum absolute atomic E-state index is 0.265. The number of halogens is 1. The smallest absolute Gasteiger partial charge is 0.327 e. The van der Waals surface area contributed by atoms with Gasteiger partial charge in [0, 0.05) is 36.2 Å². The number of aromatic nitrogens is 4. The predicted octanol–water partition coefficient (Wildman–Crippen LogP) is 6.82. The molecular formula is C31H23BrN4O4S. The maximum absolute atomic E-state index is 13.5. The lowest BCUT2D eigenvalue weighted by molar-refractivity contribution is -0.140. The second-order valence-electron chi connectivity index (χ2n) is 9.33. The number of carboxylic acids is 1. The van der Waals surface area contributed by atoms with E-state index in [9.17, 15) is 14.7 Å². The van der Waals surface area contributed by atoms with E-state index < -0.39 is 12.0 Å². The number of hydrogen-bond acceptors (Lipinski definition) is 6. The number of H-pyrrole nitrogens is 1. The van der Waals surface area contributed by atoms with Gasteiger partial charge in [0.15, 0.2) is 5.76 Å². The van der Waals surface area contributed by atoms with Crippen LogP contribution in [0.25, 0.3) is 33.4 Å². The summed E-state index contributed by atoms with van der Waals surface area (Å²) < 4.78 is 7.54. The summed E-state index contributed by atoms with van der Waals surface area (Å²) in [6, 6.07) is 24.8. The first-order chi connectivity index (χ1) is 20.0. The lowest BCUT2D eigenvalue weighted by Crippen LogP contribution is -2.30. The SMILES string of the molecule is O=C(O)C1CSc2c(-c3cc(-c4ccccc4)no3)c(Cc3cccc4ccccc34)c(Br)c(=O)n21.c1c[nH]cn1. The number of carbonyl (C=O) groups is 1. The number of aliphatic carboxylic acids is 1. The van der Waals surface area contributed by atoms with Crippen LogP contribution in [-0.4, -0.2) is 36.5 Å². The third-order valence-electron chi connectivity index (χ3n) is 6.86. The number of fused-ring (bicyclic) bond motifs is 2. The van der Waals surface area contributed by atoms with Crippen molar-refractivity contribution in [3.8, 4) is 22.6 Å². The van der Waals surface area contributed by atoms with Crippen molar-refractivity contribution >= 4 is 44.4 Å². The molecule has 8 nitrogen and oxygen atoms in total. The van der Waals surface area contributed by atoms with Crippen LogP contribution in [0.3, 0.4) is 0 Å². The fourth-order valence-electron chi connectivity index (χ4n) is 4.94. The van der Waals surface area contributed by atoms with Gasteiger partial charge in [-0.15, -0.1) is 11.8 Å². The van der Waals surface area contributed by atoms with Crippen LogP contribution in [-0.2, 0) is 11.2 Å². The van der Waals surface area contributed by atoms with Gasteiger partial charge in [0.1, 0.15) is 11.7 Å². The van der Waals surface area contributed by atoms with E-state index in [0.29, 0.717) is 32.9 Å². The summed E-state index contributed by atoms with van der Waals surface area (Å²) in [6.07, 6.45) is 5.54. The van der Waals surface area contributed by atoms with Crippen molar-refractivity contribution in [3.63, 3.8) is 0 Å². The molecule has 1 aliphatic rings. The number of nitrogens with zero attached hydrogens (tertiary/aromatic N) is 3. The molecule has 0 saturated heterocycles. The highest BCUT2D eigenvalue weighted by molar-refractivity contribution is 9.10. The Hall–Kier alpha value is -4.41. The fraction of sp³-hybridized carbons (Fsp3) is 0.0968. The van der Waals surface area contributed by atoms with E-state index in [4.69, 9.17) is 4.52 Å². The predicted molar refractivity (Wildman–Crippen MR) is 162 cm³/mol. The van der Waals surface area contributed by atoms with Crippen molar-refractivity contribution in [1.29, 1.82) is 0 Å². The average Bonchev–Trinajstić information content (AvgIpc) is 3.80. The lowest BCUT2D eigenvalue weighted by atomic mass is 9.95. The largest absolute Gasteiger partial charge is 0.480 e. The molecule has 0 saturated carbocycles. The van der Waals surface area contributed by atoms with Gasteiger partial charge in [-0.1, -0.05) is 78.0 Å². The summed E-state index contributed by atoms with van der Waals surface area (Å²) in [7, 11) is 0. The first-order valence-corrected chi connectivity index (χ1v) is 14.5. The number of pyridine rings is 1. The van der Waals surface area contributed by atoms with E-state index >= 15 is 0 Å². The van der Waals surface area contributed by atoms with E-state index in [1.54, 1.807) is 18.7 Å². The standard InChI is InChI=1S/C28H19BrN2O4S.C3H4N2/c29-25-20(13-18-11-6-10-16-7-4-5-12-19(16)18)24(27-31(26(25)32)22(15-36-27)28(33)34)23-14-21(30-35-23)17-8-2-1-3-9-17;1-2-5-3-4-1/h1-12,14,22H,13,15H2,(H,33,34);1-3H,(H,4,5). The molecule has 7 rings (SSSR count). The molecule has 0 aliphatic carbocycles. The van der Waals surface area contributed by atoms with Gasteiger partial charge in [-0.2, -0.15) is 0 Å². The first-order valence-electron chi connectivity index (χ1n) is 12.8. The number of benzene rings is 3. The van der Waals surface area contributed by atoms with Gasteiger partial charge >= 0.3 is 5.97 Å². The Morgan fingerprint density at radius 2 is 1.88 bits per heavy atom. The van der Waals surface area contributed by atoms with Crippen LogP contribution >= 0.6 is 27.7 Å². The zero-order valence-corrected chi connectivity index (χ0v) is 23.9. The molecule has 1 unspecified atom stereocenters. The van der Waals surface area contributed by atoms with Crippen LogP contribution in [0, 0.1) is 0 Å². The van der Waals surface area contributed by atoms with Crippen molar-refractivity contribution in [1.82, 2.24) is 19.7 Å². The van der Waals surface area contributed by atoms with Crippen LogP contribution in [0.1, 0.15) is 17.2 Å². The molecule has 204 valence electrons. The van der Waals surface area contributed by atoms with Crippen molar-refractivity contribution < 1.29 is 14.4 Å². The highest BCUT2D eigenvalue weighted by atomic mass is 79.9. The molecule has 1 aliphatic heterocycles. The van der Waals surface area contributed by atoms with Crippen molar-refractivity contribution in [2.75, 3.05) is 5.75 Å². The normalized spacial score (nSPS) is 13.9. The number of nitrogens with one attached hydrogen (secondary N) is 1. The Labute approximate surface area is 247 Å². The number of thioether (sulfide) groups is 1. The Bertz CT molecular complexity index is 1880. The van der Waals surface area contributed by atoms with Gasteiger partial charge in [0.25, 0.3) is 5.56 Å². The lowest BCUT2D eigenvalue weighted by Gasteiger charge is -2.17. The molecule has 41 heavy (non-hydrogen) atoms. The van der Waals surface area contributed by atoms with Gasteiger partial charge in [0.05, 0.1) is 21.4 Å². The molecule has 4 heterocycles. The van der Waals surface area contributed by atoms with Crippen LogP contribution < -0.4 is 5.56 Å². The van der Waals surface area contributed by atoms with E-state index in [1.807, 2.05) is 60.7 Å². The van der Waals surface area contributed by atoms with Crippen LogP contribution in [0.5, 0.6) is 0 Å². The molecule has 0 fully saturated rings. The summed E-state index contributed by atoms with van der Waals surface area (Å²) in [6.45, 7) is 0. The molecule has 2 N–H and O–H groups in total. The molecular weight excluding hydrogens is 604 g/mol. The maximum atomic E-state index is 13.5. The molecule has 0 spiro atoms. The molecule has 1 atom stereocenters. The topological polar surface area (TPSA) is 114 Å². The van der Waals surface area contributed by atoms with Gasteiger partial charge in [-0.05, 0) is 37.8 Å². The average molecular weight is 628 g/mol. The van der Waals surface area contributed by atoms with E-state index in [1.165, 1.54) is 16.3 Å². The number of carboxylic acid groups (broad SMARTS) is 1. The van der Waals surface area contributed by atoms with Crippen LogP contribution in [0.2, 0.25) is 0 Å². The van der Waals surface area contributed by atoms with Crippen LogP contribution in [0.4, 0.5) is 0 Å². The van der Waals surface area contributed by atoms with Crippen molar-refractivity contribution in [3.05, 3.63) is 124 Å². The fourth-order valence-corrected chi connectivity index (χ4v) is 6.79. The van der Waals surface area contributed by atoms with Gasteiger partial charge in [-0.25, -0.2) is 9.78 Å². The maximum Gasteiger partial charge on any atom is 0.327 e.